The molecule has 2 aromatic rings. The third kappa shape index (κ3) is 3.72. The van der Waals surface area contributed by atoms with E-state index in [2.05, 4.69) is 56.5 Å². The second-order valence-corrected chi connectivity index (χ2v) is 6.69. The molecule has 21 heavy (non-hydrogen) atoms. The number of benzene rings is 2. The topological polar surface area (TPSA) is 15.3 Å². The van der Waals surface area contributed by atoms with E-state index in [1.807, 2.05) is 18.2 Å². The van der Waals surface area contributed by atoms with Crippen LogP contribution in [0.4, 0.5) is 11.4 Å². The Labute approximate surface area is 139 Å². The lowest BCUT2D eigenvalue weighted by molar-refractivity contribution is 0.527. The van der Waals surface area contributed by atoms with Crippen molar-refractivity contribution in [3.8, 4) is 0 Å². The van der Waals surface area contributed by atoms with Gasteiger partial charge >= 0.3 is 0 Å². The molecule has 2 aromatic carbocycles. The highest BCUT2D eigenvalue weighted by Crippen LogP contribution is 2.28. The van der Waals surface area contributed by atoms with Crippen LogP contribution in [-0.4, -0.2) is 19.1 Å². The minimum atomic E-state index is 0.483. The van der Waals surface area contributed by atoms with Gasteiger partial charge in [0.2, 0.25) is 0 Å². The van der Waals surface area contributed by atoms with E-state index in [0.717, 1.165) is 41.1 Å². The average Bonchev–Trinajstić information content (AvgIpc) is 2.53. The Kier molecular flexibility index (Phi) is 4.71. The maximum absolute atomic E-state index is 6.25. The smallest absolute Gasteiger partial charge is 0.0638 e. The number of hydrogen-bond donors (Lipinski definition) is 1. The molecule has 0 aromatic heterocycles. The quantitative estimate of drug-likeness (QED) is 0.806. The van der Waals surface area contributed by atoms with Crippen molar-refractivity contribution >= 4 is 38.9 Å². The van der Waals surface area contributed by atoms with Gasteiger partial charge < -0.3 is 10.2 Å². The number of rotatable bonds is 3. The van der Waals surface area contributed by atoms with E-state index >= 15 is 0 Å². The highest BCUT2D eigenvalue weighted by Gasteiger charge is 2.19. The van der Waals surface area contributed by atoms with Gasteiger partial charge in [-0.2, -0.15) is 0 Å². The Hall–Kier alpha value is -1.19. The Bertz CT molecular complexity index is 595. The molecule has 1 saturated heterocycles. The number of hydrogen-bond acceptors (Lipinski definition) is 2. The van der Waals surface area contributed by atoms with Crippen LogP contribution in [-0.2, 0) is 0 Å². The van der Waals surface area contributed by atoms with Crippen LogP contribution in [0.2, 0.25) is 5.02 Å². The van der Waals surface area contributed by atoms with Crippen molar-refractivity contribution in [3.05, 3.63) is 58.0 Å². The molecule has 0 spiro atoms. The fourth-order valence-electron chi connectivity index (χ4n) is 2.75. The molecule has 110 valence electrons. The summed E-state index contributed by atoms with van der Waals surface area (Å²) in [6.45, 7) is 2.15. The molecule has 1 aliphatic rings. The molecule has 4 heteroatoms. The van der Waals surface area contributed by atoms with Gasteiger partial charge in [0.25, 0.3) is 0 Å². The molecular weight excluding hydrogens is 348 g/mol. The molecule has 0 aliphatic carbocycles. The van der Waals surface area contributed by atoms with E-state index in [4.69, 9.17) is 11.6 Å². The fraction of sp³-hybridized carbons (Fsp3) is 0.294. The van der Waals surface area contributed by atoms with Crippen molar-refractivity contribution in [3.63, 3.8) is 0 Å². The number of piperidine rings is 1. The number of nitrogens with zero attached hydrogens (tertiary/aromatic N) is 1. The molecule has 1 fully saturated rings. The van der Waals surface area contributed by atoms with Crippen LogP contribution in [0.1, 0.15) is 12.8 Å². The number of nitrogens with one attached hydrogen (secondary N) is 1. The summed E-state index contributed by atoms with van der Waals surface area (Å²) >= 11 is 9.74. The van der Waals surface area contributed by atoms with E-state index in [1.54, 1.807) is 0 Å². The highest BCUT2D eigenvalue weighted by atomic mass is 79.9. The molecule has 1 aliphatic heterocycles. The first-order chi connectivity index (χ1) is 10.2. The largest absolute Gasteiger partial charge is 0.381 e. The molecule has 3 rings (SSSR count). The minimum absolute atomic E-state index is 0.483. The first kappa shape index (κ1) is 14.7. The second kappa shape index (κ2) is 6.71. The van der Waals surface area contributed by atoms with Gasteiger partial charge in [-0.3, -0.25) is 0 Å². The lowest BCUT2D eigenvalue weighted by Crippen LogP contribution is -2.39. The van der Waals surface area contributed by atoms with Crippen LogP contribution in [0.3, 0.4) is 0 Å². The Morgan fingerprint density at radius 2 is 1.76 bits per heavy atom. The van der Waals surface area contributed by atoms with Crippen LogP contribution in [0, 0.1) is 0 Å². The summed E-state index contributed by atoms with van der Waals surface area (Å²) in [5.74, 6) is 0. The van der Waals surface area contributed by atoms with Crippen molar-refractivity contribution < 1.29 is 0 Å². The molecule has 0 atom stereocenters. The molecule has 0 bridgehead atoms. The van der Waals surface area contributed by atoms with Gasteiger partial charge in [0, 0.05) is 29.3 Å². The lowest BCUT2D eigenvalue weighted by atomic mass is 10.0. The zero-order chi connectivity index (χ0) is 14.7. The normalized spacial score (nSPS) is 16.0. The maximum Gasteiger partial charge on any atom is 0.0638 e. The third-order valence-electron chi connectivity index (χ3n) is 3.90. The molecule has 0 amide bonds. The molecule has 0 saturated carbocycles. The second-order valence-electron chi connectivity index (χ2n) is 5.37. The van der Waals surface area contributed by atoms with E-state index in [1.165, 1.54) is 5.69 Å². The summed E-state index contributed by atoms with van der Waals surface area (Å²) in [4.78, 5) is 2.45. The monoisotopic (exact) mass is 364 g/mol. The van der Waals surface area contributed by atoms with Gasteiger partial charge in [0.15, 0.2) is 0 Å². The van der Waals surface area contributed by atoms with Crippen molar-refractivity contribution in [1.29, 1.82) is 0 Å². The summed E-state index contributed by atoms with van der Waals surface area (Å²) in [6, 6.07) is 17.0. The van der Waals surface area contributed by atoms with Crippen LogP contribution < -0.4 is 10.2 Å². The van der Waals surface area contributed by atoms with Gasteiger partial charge in [-0.25, -0.2) is 0 Å². The van der Waals surface area contributed by atoms with Crippen molar-refractivity contribution in [2.45, 2.75) is 18.9 Å². The summed E-state index contributed by atoms with van der Waals surface area (Å²) in [5.41, 5.74) is 2.33. The molecule has 1 heterocycles. The predicted molar refractivity (Wildman–Crippen MR) is 94.5 cm³/mol. The number of halogens is 2. The Morgan fingerprint density at radius 3 is 2.48 bits per heavy atom. The summed E-state index contributed by atoms with van der Waals surface area (Å²) in [5, 5.41) is 4.35. The highest BCUT2D eigenvalue weighted by molar-refractivity contribution is 9.10. The molecular formula is C17H18BrClN2. The SMILES string of the molecule is Clc1ccc(Br)cc1NC1CCN(c2ccccc2)CC1. The molecule has 0 radical (unpaired) electrons. The van der Waals surface area contributed by atoms with Crippen molar-refractivity contribution in [1.82, 2.24) is 0 Å². The zero-order valence-electron chi connectivity index (χ0n) is 11.7. The van der Waals surface area contributed by atoms with E-state index in [0.29, 0.717) is 6.04 Å². The predicted octanol–water partition coefficient (Wildman–Crippen LogP) is 5.18. The molecule has 1 N–H and O–H groups in total. The van der Waals surface area contributed by atoms with Crippen LogP contribution in [0.25, 0.3) is 0 Å². The fourth-order valence-corrected chi connectivity index (χ4v) is 3.28. The zero-order valence-corrected chi connectivity index (χ0v) is 14.1. The van der Waals surface area contributed by atoms with Gasteiger partial charge in [0.05, 0.1) is 10.7 Å². The number of anilines is 2. The molecule has 0 unspecified atom stereocenters. The van der Waals surface area contributed by atoms with Crippen molar-refractivity contribution in [2.75, 3.05) is 23.3 Å². The van der Waals surface area contributed by atoms with Gasteiger partial charge in [-0.05, 0) is 43.2 Å². The lowest BCUT2D eigenvalue weighted by Gasteiger charge is -2.34. The van der Waals surface area contributed by atoms with E-state index < -0.39 is 0 Å². The summed E-state index contributed by atoms with van der Waals surface area (Å²) in [6.07, 6.45) is 2.25. The van der Waals surface area contributed by atoms with E-state index in [9.17, 15) is 0 Å². The summed E-state index contributed by atoms with van der Waals surface area (Å²) in [7, 11) is 0. The van der Waals surface area contributed by atoms with Crippen molar-refractivity contribution in [2.24, 2.45) is 0 Å². The van der Waals surface area contributed by atoms with Crippen LogP contribution >= 0.6 is 27.5 Å². The van der Waals surface area contributed by atoms with Gasteiger partial charge in [-0.1, -0.05) is 45.7 Å². The number of para-hydroxylation sites is 1. The summed E-state index contributed by atoms with van der Waals surface area (Å²) < 4.78 is 1.05. The Morgan fingerprint density at radius 1 is 1.05 bits per heavy atom. The Balaban J connectivity index is 1.60. The maximum atomic E-state index is 6.25. The van der Waals surface area contributed by atoms with Gasteiger partial charge in [-0.15, -0.1) is 0 Å². The van der Waals surface area contributed by atoms with Crippen LogP contribution in [0.5, 0.6) is 0 Å². The first-order valence-electron chi connectivity index (χ1n) is 7.24. The van der Waals surface area contributed by atoms with E-state index in [-0.39, 0.29) is 0 Å². The molecule has 2 nitrogen and oxygen atoms in total. The standard InChI is InChI=1S/C17H18BrClN2/c18-13-6-7-16(19)17(12-13)20-14-8-10-21(11-9-14)15-4-2-1-3-5-15/h1-7,12,14,20H,8-11H2. The average molecular weight is 366 g/mol. The van der Waals surface area contributed by atoms with Crippen LogP contribution in [0.15, 0.2) is 53.0 Å². The van der Waals surface area contributed by atoms with Gasteiger partial charge in [0.1, 0.15) is 0 Å². The minimum Gasteiger partial charge on any atom is -0.381 e. The first-order valence-corrected chi connectivity index (χ1v) is 8.41. The third-order valence-corrected chi connectivity index (χ3v) is 4.73.